The van der Waals surface area contributed by atoms with Crippen LogP contribution < -0.4 is 0 Å². The number of halogens is 1. The Hall–Kier alpha value is -0.850. The summed E-state index contributed by atoms with van der Waals surface area (Å²) in [6.45, 7) is 4.47. The molecule has 1 saturated carbocycles. The number of hydrogen-bond acceptors (Lipinski definition) is 0. The van der Waals surface area contributed by atoms with E-state index in [1.54, 1.807) is 6.07 Å². The summed E-state index contributed by atoms with van der Waals surface area (Å²) in [5, 5.41) is 0. The summed E-state index contributed by atoms with van der Waals surface area (Å²) in [7, 11) is 0. The maximum absolute atomic E-state index is 14.1. The smallest absolute Gasteiger partial charge is 0.126 e. The van der Waals surface area contributed by atoms with E-state index in [9.17, 15) is 4.39 Å². The first kappa shape index (κ1) is 14.6. The molecular formula is C18H27F. The van der Waals surface area contributed by atoms with Gasteiger partial charge in [0.15, 0.2) is 0 Å². The highest BCUT2D eigenvalue weighted by molar-refractivity contribution is 5.30. The fourth-order valence-electron chi connectivity index (χ4n) is 3.50. The molecule has 1 aromatic rings. The van der Waals surface area contributed by atoms with Gasteiger partial charge in [-0.2, -0.15) is 0 Å². The summed E-state index contributed by atoms with van der Waals surface area (Å²) in [6, 6.07) is 5.89. The van der Waals surface area contributed by atoms with E-state index in [0.717, 1.165) is 12.0 Å². The first-order valence-electron chi connectivity index (χ1n) is 8.05. The molecule has 0 amide bonds. The molecule has 1 heteroatoms. The first-order valence-corrected chi connectivity index (χ1v) is 8.05. The standard InChI is InChI=1S/C18H27F/c1-3-8-14(4-2)16-11-12-18(19)17(13-16)15-9-6-5-7-10-15/h11-15H,3-10H2,1-2H3. The van der Waals surface area contributed by atoms with Gasteiger partial charge in [-0.25, -0.2) is 4.39 Å². The van der Waals surface area contributed by atoms with Gasteiger partial charge < -0.3 is 0 Å². The summed E-state index contributed by atoms with van der Waals surface area (Å²) in [5.74, 6) is 1.09. The van der Waals surface area contributed by atoms with Crippen molar-refractivity contribution in [2.75, 3.05) is 0 Å². The van der Waals surface area contributed by atoms with Crippen molar-refractivity contribution in [2.45, 2.75) is 77.0 Å². The van der Waals surface area contributed by atoms with E-state index in [2.05, 4.69) is 19.9 Å². The Morgan fingerprint density at radius 3 is 2.53 bits per heavy atom. The highest BCUT2D eigenvalue weighted by atomic mass is 19.1. The van der Waals surface area contributed by atoms with Crippen LogP contribution in [0.4, 0.5) is 4.39 Å². The lowest BCUT2D eigenvalue weighted by molar-refractivity contribution is 0.428. The first-order chi connectivity index (χ1) is 9.26. The fourth-order valence-corrected chi connectivity index (χ4v) is 3.50. The molecule has 0 bridgehead atoms. The summed E-state index contributed by atoms with van der Waals surface area (Å²) in [4.78, 5) is 0. The second-order valence-electron chi connectivity index (χ2n) is 6.01. The monoisotopic (exact) mass is 262 g/mol. The quantitative estimate of drug-likeness (QED) is 0.595. The van der Waals surface area contributed by atoms with Crippen molar-refractivity contribution in [3.63, 3.8) is 0 Å². The Morgan fingerprint density at radius 2 is 1.89 bits per heavy atom. The summed E-state index contributed by atoms with van der Waals surface area (Å²) < 4.78 is 14.1. The van der Waals surface area contributed by atoms with Crippen molar-refractivity contribution in [2.24, 2.45) is 0 Å². The molecule has 1 aromatic carbocycles. The molecule has 0 nitrogen and oxygen atoms in total. The molecule has 0 aliphatic heterocycles. The van der Waals surface area contributed by atoms with Gasteiger partial charge in [-0.3, -0.25) is 0 Å². The van der Waals surface area contributed by atoms with Crippen molar-refractivity contribution < 1.29 is 4.39 Å². The van der Waals surface area contributed by atoms with Crippen LogP contribution in [-0.4, -0.2) is 0 Å². The molecule has 0 heterocycles. The lowest BCUT2D eigenvalue weighted by atomic mass is 9.81. The average molecular weight is 262 g/mol. The van der Waals surface area contributed by atoms with Crippen LogP contribution in [0.3, 0.4) is 0 Å². The Kier molecular flexibility index (Phi) is 5.42. The largest absolute Gasteiger partial charge is 0.207 e. The average Bonchev–Trinajstić information content (AvgIpc) is 2.46. The lowest BCUT2D eigenvalue weighted by Crippen LogP contribution is -2.08. The molecule has 1 unspecified atom stereocenters. The zero-order valence-corrected chi connectivity index (χ0v) is 12.4. The van der Waals surface area contributed by atoms with Crippen LogP contribution in [0.5, 0.6) is 0 Å². The van der Waals surface area contributed by atoms with E-state index in [1.807, 2.05) is 6.07 Å². The molecular weight excluding hydrogens is 235 g/mol. The zero-order valence-electron chi connectivity index (χ0n) is 12.4. The van der Waals surface area contributed by atoms with Crippen LogP contribution in [0.1, 0.15) is 88.2 Å². The van der Waals surface area contributed by atoms with Gasteiger partial charge in [-0.05, 0) is 54.7 Å². The van der Waals surface area contributed by atoms with Gasteiger partial charge >= 0.3 is 0 Å². The van der Waals surface area contributed by atoms with Crippen LogP contribution in [-0.2, 0) is 0 Å². The molecule has 1 atom stereocenters. The number of hydrogen-bond donors (Lipinski definition) is 0. The van der Waals surface area contributed by atoms with Gasteiger partial charge in [0.1, 0.15) is 5.82 Å². The van der Waals surface area contributed by atoms with Crippen LogP contribution >= 0.6 is 0 Å². The van der Waals surface area contributed by atoms with E-state index in [-0.39, 0.29) is 5.82 Å². The van der Waals surface area contributed by atoms with Crippen LogP contribution in [0.25, 0.3) is 0 Å². The topological polar surface area (TPSA) is 0 Å². The highest BCUT2D eigenvalue weighted by Crippen LogP contribution is 2.36. The third kappa shape index (κ3) is 3.58. The van der Waals surface area contributed by atoms with Crippen molar-refractivity contribution >= 4 is 0 Å². The highest BCUT2D eigenvalue weighted by Gasteiger charge is 2.20. The number of rotatable bonds is 5. The molecule has 0 radical (unpaired) electrons. The Morgan fingerprint density at radius 1 is 1.16 bits per heavy atom. The van der Waals surface area contributed by atoms with Gasteiger partial charge in [0.05, 0.1) is 0 Å². The number of benzene rings is 1. The van der Waals surface area contributed by atoms with Crippen LogP contribution in [0, 0.1) is 5.82 Å². The predicted molar refractivity (Wildman–Crippen MR) is 80.2 cm³/mol. The second kappa shape index (κ2) is 7.07. The minimum absolute atomic E-state index is 0.0157. The molecule has 0 saturated heterocycles. The molecule has 1 aliphatic rings. The lowest BCUT2D eigenvalue weighted by Gasteiger charge is -2.24. The summed E-state index contributed by atoms with van der Waals surface area (Å²) in [6.07, 6.45) is 9.77. The van der Waals surface area contributed by atoms with Gasteiger partial charge in [0.25, 0.3) is 0 Å². The minimum atomic E-state index is 0.0157. The van der Waals surface area contributed by atoms with E-state index in [4.69, 9.17) is 0 Å². The van der Waals surface area contributed by atoms with Gasteiger partial charge in [-0.1, -0.05) is 51.7 Å². The van der Waals surface area contributed by atoms with E-state index in [0.29, 0.717) is 11.8 Å². The molecule has 1 aliphatic carbocycles. The summed E-state index contributed by atoms with van der Waals surface area (Å²) in [5.41, 5.74) is 2.35. The summed E-state index contributed by atoms with van der Waals surface area (Å²) >= 11 is 0. The Bertz CT molecular complexity index is 391. The molecule has 1 fully saturated rings. The Balaban J connectivity index is 2.22. The molecule has 106 valence electrons. The van der Waals surface area contributed by atoms with Crippen molar-refractivity contribution in [3.05, 3.63) is 35.1 Å². The molecule has 0 spiro atoms. The third-order valence-electron chi connectivity index (χ3n) is 4.67. The zero-order chi connectivity index (χ0) is 13.7. The molecule has 0 aromatic heterocycles. The van der Waals surface area contributed by atoms with Crippen LogP contribution in [0.2, 0.25) is 0 Å². The third-order valence-corrected chi connectivity index (χ3v) is 4.67. The second-order valence-corrected chi connectivity index (χ2v) is 6.01. The maximum atomic E-state index is 14.1. The Labute approximate surface area is 117 Å². The van der Waals surface area contributed by atoms with Gasteiger partial charge in [0, 0.05) is 0 Å². The van der Waals surface area contributed by atoms with Crippen molar-refractivity contribution in [1.29, 1.82) is 0 Å². The normalized spacial score (nSPS) is 18.5. The molecule has 0 N–H and O–H groups in total. The van der Waals surface area contributed by atoms with E-state index < -0.39 is 0 Å². The molecule has 19 heavy (non-hydrogen) atoms. The minimum Gasteiger partial charge on any atom is -0.207 e. The van der Waals surface area contributed by atoms with E-state index in [1.165, 1.54) is 50.5 Å². The molecule has 2 rings (SSSR count). The SMILES string of the molecule is CCCC(CC)c1ccc(F)c(C2CCCCC2)c1. The van der Waals surface area contributed by atoms with Crippen molar-refractivity contribution in [1.82, 2.24) is 0 Å². The van der Waals surface area contributed by atoms with Crippen molar-refractivity contribution in [3.8, 4) is 0 Å². The van der Waals surface area contributed by atoms with Gasteiger partial charge in [0.2, 0.25) is 0 Å². The maximum Gasteiger partial charge on any atom is 0.126 e. The predicted octanol–water partition coefficient (Wildman–Crippen LogP) is 6.17. The van der Waals surface area contributed by atoms with Crippen LogP contribution in [0.15, 0.2) is 18.2 Å². The van der Waals surface area contributed by atoms with E-state index >= 15 is 0 Å². The van der Waals surface area contributed by atoms with Gasteiger partial charge in [-0.15, -0.1) is 0 Å². The fraction of sp³-hybridized carbons (Fsp3) is 0.667.